The van der Waals surface area contributed by atoms with Crippen LogP contribution in [0.2, 0.25) is 0 Å². The maximum atomic E-state index is 12.3. The monoisotopic (exact) mass is 461 g/mol. The van der Waals surface area contributed by atoms with Crippen LogP contribution in [0.3, 0.4) is 0 Å². The molecular weight excluding hydrogens is 435 g/mol. The van der Waals surface area contributed by atoms with E-state index in [0.717, 1.165) is 37.1 Å². The molecule has 172 valence electrons. The summed E-state index contributed by atoms with van der Waals surface area (Å²) in [6.07, 6.45) is 0.621. The van der Waals surface area contributed by atoms with Crippen molar-refractivity contribution in [2.24, 2.45) is 0 Å². The Morgan fingerprint density at radius 2 is 1.81 bits per heavy atom. The molecule has 1 saturated carbocycles. The molecule has 1 aliphatic heterocycles. The smallest absolute Gasteiger partial charge is 0.355 e. The molecule has 4 rings (SSSR count). The van der Waals surface area contributed by atoms with Crippen LogP contribution in [0.4, 0.5) is 24.9 Å². The molecule has 0 bridgehead atoms. The van der Waals surface area contributed by atoms with Gasteiger partial charge in [-0.25, -0.2) is 18.1 Å². The third-order valence-electron chi connectivity index (χ3n) is 5.76. The highest BCUT2D eigenvalue weighted by molar-refractivity contribution is 7.89. The summed E-state index contributed by atoms with van der Waals surface area (Å²) in [5.74, 6) is 0.405. The van der Waals surface area contributed by atoms with E-state index in [0.29, 0.717) is 37.3 Å². The van der Waals surface area contributed by atoms with Gasteiger partial charge in [0.15, 0.2) is 11.5 Å². The number of alkyl halides is 3. The van der Waals surface area contributed by atoms with Gasteiger partial charge in [0.2, 0.25) is 16.0 Å². The number of aromatic nitrogens is 4. The molecule has 1 aliphatic carbocycles. The maximum Gasteiger partial charge on any atom is 0.390 e. The maximum absolute atomic E-state index is 12.3. The fraction of sp³-hybridized carbons (Fsp3) is 0.722. The molecule has 1 saturated heterocycles. The second-order valence-electron chi connectivity index (χ2n) is 8.19. The van der Waals surface area contributed by atoms with Crippen LogP contribution in [0.1, 0.15) is 44.9 Å². The summed E-state index contributed by atoms with van der Waals surface area (Å²) < 4.78 is 63.0. The number of nitrogens with zero attached hydrogens (tertiary/aromatic N) is 4. The van der Waals surface area contributed by atoms with E-state index < -0.39 is 28.4 Å². The number of nitrogens with one attached hydrogen (secondary N) is 3. The number of hydrogen-bond acceptors (Lipinski definition) is 7. The first-order chi connectivity index (χ1) is 14.7. The van der Waals surface area contributed by atoms with Gasteiger partial charge in [0.05, 0.1) is 17.6 Å². The summed E-state index contributed by atoms with van der Waals surface area (Å²) in [7, 11) is -3.95. The molecule has 0 amide bonds. The number of fused-ring (bicyclic) bond motifs is 1. The van der Waals surface area contributed by atoms with Crippen LogP contribution in [-0.2, 0) is 10.0 Å². The van der Waals surface area contributed by atoms with E-state index in [4.69, 9.17) is 0 Å². The van der Waals surface area contributed by atoms with Crippen molar-refractivity contribution in [3.8, 4) is 0 Å². The number of sulfonamides is 1. The van der Waals surface area contributed by atoms with Gasteiger partial charge in [-0.3, -0.25) is 5.10 Å². The van der Waals surface area contributed by atoms with Crippen LogP contribution in [0.5, 0.6) is 0 Å². The summed E-state index contributed by atoms with van der Waals surface area (Å²) >= 11 is 0. The van der Waals surface area contributed by atoms with Gasteiger partial charge >= 0.3 is 6.18 Å². The zero-order valence-corrected chi connectivity index (χ0v) is 17.8. The third-order valence-corrected chi connectivity index (χ3v) is 7.20. The minimum absolute atomic E-state index is 0.0642. The van der Waals surface area contributed by atoms with Crippen LogP contribution in [0.25, 0.3) is 11.0 Å². The summed E-state index contributed by atoms with van der Waals surface area (Å²) in [6, 6.07) is -0.287. The third kappa shape index (κ3) is 5.76. The molecule has 9 nitrogen and oxygen atoms in total. The average Bonchev–Trinajstić information content (AvgIpc) is 3.36. The number of rotatable bonds is 7. The van der Waals surface area contributed by atoms with Crippen LogP contribution >= 0.6 is 0 Å². The Morgan fingerprint density at radius 1 is 1.13 bits per heavy atom. The highest BCUT2D eigenvalue weighted by Crippen LogP contribution is 2.27. The van der Waals surface area contributed by atoms with Gasteiger partial charge in [-0.2, -0.15) is 23.3 Å². The Hall–Kier alpha value is -2.15. The van der Waals surface area contributed by atoms with E-state index in [9.17, 15) is 21.6 Å². The molecule has 3 N–H and O–H groups in total. The zero-order valence-electron chi connectivity index (χ0n) is 17.0. The standard InChI is InChI=1S/C18H26F3N7O2S/c19-18(20,21)7-10-31(29,30)27-13-5-3-12(4-6-13)23-17-22-11-14-15(24-17)25-26-16(14)28-8-1-2-9-28/h11-13,27H,1-10H2,(H2,22,23,24,25,26). The highest BCUT2D eigenvalue weighted by Gasteiger charge is 2.31. The minimum atomic E-state index is -4.48. The molecule has 0 atom stereocenters. The summed E-state index contributed by atoms with van der Waals surface area (Å²) in [4.78, 5) is 11.1. The van der Waals surface area contributed by atoms with E-state index in [1.54, 1.807) is 6.20 Å². The quantitative estimate of drug-likeness (QED) is 0.580. The molecule has 13 heteroatoms. The summed E-state index contributed by atoms with van der Waals surface area (Å²) in [6.45, 7) is 1.95. The molecule has 2 aromatic heterocycles. The molecule has 31 heavy (non-hydrogen) atoms. The lowest BCUT2D eigenvalue weighted by Gasteiger charge is -2.29. The van der Waals surface area contributed by atoms with E-state index in [1.807, 2.05) is 0 Å². The number of aromatic amines is 1. The van der Waals surface area contributed by atoms with Gasteiger partial charge in [0.25, 0.3) is 0 Å². The van der Waals surface area contributed by atoms with Crippen molar-refractivity contribution in [1.82, 2.24) is 24.9 Å². The Morgan fingerprint density at radius 3 is 2.48 bits per heavy atom. The predicted octanol–water partition coefficient (Wildman–Crippen LogP) is 2.55. The largest absolute Gasteiger partial charge is 0.390 e. The van der Waals surface area contributed by atoms with Gasteiger partial charge in [0, 0.05) is 31.4 Å². The molecule has 0 unspecified atom stereocenters. The fourth-order valence-electron chi connectivity index (χ4n) is 4.14. The summed E-state index contributed by atoms with van der Waals surface area (Å²) in [5, 5.41) is 11.5. The Kier molecular flexibility index (Phi) is 6.24. The summed E-state index contributed by atoms with van der Waals surface area (Å²) in [5.41, 5.74) is 0.658. The average molecular weight is 462 g/mol. The molecule has 0 radical (unpaired) electrons. The normalized spacial score (nSPS) is 22.9. The van der Waals surface area contributed by atoms with Crippen LogP contribution < -0.4 is 14.9 Å². The van der Waals surface area contributed by atoms with Crippen LogP contribution in [0, 0.1) is 0 Å². The Bertz CT molecular complexity index is 997. The molecule has 2 fully saturated rings. The van der Waals surface area contributed by atoms with Gasteiger partial charge in [-0.15, -0.1) is 0 Å². The van der Waals surface area contributed by atoms with Crippen molar-refractivity contribution >= 4 is 32.8 Å². The molecule has 0 spiro atoms. The molecule has 0 aromatic carbocycles. The Balaban J connectivity index is 1.29. The van der Waals surface area contributed by atoms with Crippen LogP contribution in [-0.4, -0.2) is 65.7 Å². The van der Waals surface area contributed by atoms with Crippen molar-refractivity contribution < 1.29 is 21.6 Å². The van der Waals surface area contributed by atoms with E-state index in [1.165, 1.54) is 0 Å². The number of hydrogen-bond donors (Lipinski definition) is 3. The lowest BCUT2D eigenvalue weighted by atomic mass is 9.92. The first kappa shape index (κ1) is 22.1. The van der Waals surface area contributed by atoms with Crippen molar-refractivity contribution in [1.29, 1.82) is 0 Å². The topological polar surface area (TPSA) is 116 Å². The van der Waals surface area contributed by atoms with Crippen molar-refractivity contribution in [3.05, 3.63) is 6.20 Å². The molecular formula is C18H26F3N7O2S. The van der Waals surface area contributed by atoms with Crippen molar-refractivity contribution in [2.45, 2.75) is 63.2 Å². The minimum Gasteiger partial charge on any atom is -0.355 e. The zero-order chi connectivity index (χ0) is 22.1. The molecule has 3 heterocycles. The van der Waals surface area contributed by atoms with Crippen molar-refractivity contribution in [2.75, 3.05) is 29.1 Å². The van der Waals surface area contributed by atoms with Gasteiger partial charge < -0.3 is 10.2 Å². The lowest BCUT2D eigenvalue weighted by Crippen LogP contribution is -2.41. The lowest BCUT2D eigenvalue weighted by molar-refractivity contribution is -0.130. The molecule has 2 aromatic rings. The Labute approximate surface area is 178 Å². The van der Waals surface area contributed by atoms with Gasteiger partial charge in [-0.05, 0) is 38.5 Å². The second-order valence-corrected chi connectivity index (χ2v) is 10.1. The highest BCUT2D eigenvalue weighted by atomic mass is 32.2. The van der Waals surface area contributed by atoms with Gasteiger partial charge in [-0.1, -0.05) is 0 Å². The molecule has 2 aliphatic rings. The second kappa shape index (κ2) is 8.77. The van der Waals surface area contributed by atoms with Crippen molar-refractivity contribution in [3.63, 3.8) is 0 Å². The first-order valence-electron chi connectivity index (χ1n) is 10.5. The first-order valence-corrected chi connectivity index (χ1v) is 12.1. The van der Waals surface area contributed by atoms with E-state index >= 15 is 0 Å². The predicted molar refractivity (Wildman–Crippen MR) is 110 cm³/mol. The van der Waals surface area contributed by atoms with Gasteiger partial charge in [0.1, 0.15) is 0 Å². The number of H-pyrrole nitrogens is 1. The van der Waals surface area contributed by atoms with Crippen LogP contribution in [0.15, 0.2) is 6.20 Å². The van der Waals surface area contributed by atoms with E-state index in [-0.39, 0.29) is 12.1 Å². The SMILES string of the molecule is O=S(=O)(CCC(F)(F)F)NC1CCC(Nc2ncc3c(N4CCCC4)n[nH]c3n2)CC1. The van der Waals surface area contributed by atoms with E-state index in [2.05, 4.69) is 35.1 Å². The fourth-order valence-corrected chi connectivity index (χ4v) is 5.50. The number of anilines is 2. The number of halogens is 3.